The third-order valence-electron chi connectivity index (χ3n) is 3.57. The first-order valence-electron chi connectivity index (χ1n) is 6.31. The molecular formula is C14H20BrNO. The van der Waals surface area contributed by atoms with Crippen molar-refractivity contribution in [1.82, 2.24) is 0 Å². The lowest BCUT2D eigenvalue weighted by Gasteiger charge is -2.19. The molecule has 17 heavy (non-hydrogen) atoms. The molecule has 0 spiro atoms. The van der Waals surface area contributed by atoms with E-state index in [4.69, 9.17) is 10.5 Å². The number of benzene rings is 1. The van der Waals surface area contributed by atoms with Gasteiger partial charge in [-0.25, -0.2) is 0 Å². The standard InChI is InChI=1S/C14H20BrNO/c1-3-13(16)9(2)6-11-8-12(15)7-10-4-5-17-14(10)11/h7-9,13H,3-6,16H2,1-2H3. The van der Waals surface area contributed by atoms with E-state index in [0.29, 0.717) is 5.92 Å². The lowest BCUT2D eigenvalue weighted by Crippen LogP contribution is -2.28. The number of rotatable bonds is 4. The summed E-state index contributed by atoms with van der Waals surface area (Å²) in [5, 5.41) is 0. The van der Waals surface area contributed by atoms with Gasteiger partial charge in [0.15, 0.2) is 0 Å². The van der Waals surface area contributed by atoms with E-state index in [-0.39, 0.29) is 6.04 Å². The first-order valence-corrected chi connectivity index (χ1v) is 7.10. The lowest BCUT2D eigenvalue weighted by molar-refractivity contribution is 0.348. The van der Waals surface area contributed by atoms with Crippen LogP contribution >= 0.6 is 15.9 Å². The number of ether oxygens (including phenoxy) is 1. The summed E-state index contributed by atoms with van der Waals surface area (Å²) in [6.07, 6.45) is 3.05. The summed E-state index contributed by atoms with van der Waals surface area (Å²) in [5.41, 5.74) is 8.72. The number of hydrogen-bond acceptors (Lipinski definition) is 2. The molecule has 94 valence electrons. The Kier molecular flexibility index (Phi) is 4.10. The molecule has 1 aliphatic rings. The predicted molar refractivity (Wildman–Crippen MR) is 74.5 cm³/mol. The second-order valence-corrected chi connectivity index (χ2v) is 5.82. The third-order valence-corrected chi connectivity index (χ3v) is 4.03. The van der Waals surface area contributed by atoms with Crippen molar-refractivity contribution in [3.05, 3.63) is 27.7 Å². The third kappa shape index (κ3) is 2.83. The molecule has 0 radical (unpaired) electrons. The summed E-state index contributed by atoms with van der Waals surface area (Å²) in [6.45, 7) is 5.17. The van der Waals surface area contributed by atoms with Gasteiger partial charge in [0, 0.05) is 16.9 Å². The lowest BCUT2D eigenvalue weighted by atomic mass is 9.92. The van der Waals surface area contributed by atoms with E-state index in [2.05, 4.69) is 41.9 Å². The molecule has 2 N–H and O–H groups in total. The van der Waals surface area contributed by atoms with Crippen LogP contribution in [0.3, 0.4) is 0 Å². The van der Waals surface area contributed by atoms with E-state index >= 15 is 0 Å². The number of hydrogen-bond donors (Lipinski definition) is 1. The van der Waals surface area contributed by atoms with E-state index < -0.39 is 0 Å². The minimum atomic E-state index is 0.269. The van der Waals surface area contributed by atoms with Crippen molar-refractivity contribution in [2.75, 3.05) is 6.61 Å². The fourth-order valence-electron chi connectivity index (χ4n) is 2.40. The molecule has 0 saturated heterocycles. The minimum absolute atomic E-state index is 0.269. The molecule has 2 nitrogen and oxygen atoms in total. The highest BCUT2D eigenvalue weighted by atomic mass is 79.9. The van der Waals surface area contributed by atoms with Crippen LogP contribution in [0.15, 0.2) is 16.6 Å². The molecule has 0 amide bonds. The summed E-state index contributed by atoms with van der Waals surface area (Å²) in [4.78, 5) is 0. The van der Waals surface area contributed by atoms with Gasteiger partial charge in [0.05, 0.1) is 6.61 Å². The Morgan fingerprint density at radius 1 is 1.47 bits per heavy atom. The molecule has 2 unspecified atom stereocenters. The molecule has 1 aliphatic heterocycles. The normalized spacial score (nSPS) is 17.4. The topological polar surface area (TPSA) is 35.2 Å². The van der Waals surface area contributed by atoms with Gasteiger partial charge in [-0.2, -0.15) is 0 Å². The molecule has 3 heteroatoms. The Morgan fingerprint density at radius 3 is 2.94 bits per heavy atom. The summed E-state index contributed by atoms with van der Waals surface area (Å²) >= 11 is 3.57. The first-order chi connectivity index (χ1) is 8.11. The van der Waals surface area contributed by atoms with Gasteiger partial charge in [0.25, 0.3) is 0 Å². The highest BCUT2D eigenvalue weighted by molar-refractivity contribution is 9.10. The zero-order valence-corrected chi connectivity index (χ0v) is 12.1. The molecule has 1 aromatic rings. The predicted octanol–water partition coefficient (Wildman–Crippen LogP) is 3.30. The average molecular weight is 298 g/mol. The fourth-order valence-corrected chi connectivity index (χ4v) is 2.95. The molecule has 0 saturated carbocycles. The largest absolute Gasteiger partial charge is 0.493 e. The molecule has 0 fully saturated rings. The van der Waals surface area contributed by atoms with Crippen molar-refractivity contribution in [2.24, 2.45) is 11.7 Å². The summed E-state index contributed by atoms with van der Waals surface area (Å²) < 4.78 is 6.88. The van der Waals surface area contributed by atoms with Gasteiger partial charge < -0.3 is 10.5 Å². The second-order valence-electron chi connectivity index (χ2n) is 4.91. The van der Waals surface area contributed by atoms with E-state index in [9.17, 15) is 0 Å². The molecular weight excluding hydrogens is 278 g/mol. The van der Waals surface area contributed by atoms with E-state index in [0.717, 1.165) is 36.1 Å². The van der Waals surface area contributed by atoms with Crippen LogP contribution in [0.2, 0.25) is 0 Å². The first kappa shape index (κ1) is 12.9. The van der Waals surface area contributed by atoms with Crippen LogP contribution in [-0.2, 0) is 12.8 Å². The van der Waals surface area contributed by atoms with Crippen LogP contribution in [0.4, 0.5) is 0 Å². The second kappa shape index (κ2) is 5.40. The number of fused-ring (bicyclic) bond motifs is 1. The Balaban J connectivity index is 2.21. The zero-order chi connectivity index (χ0) is 12.4. The van der Waals surface area contributed by atoms with E-state index in [1.807, 2.05) is 0 Å². The Hall–Kier alpha value is -0.540. The fraction of sp³-hybridized carbons (Fsp3) is 0.571. The highest BCUT2D eigenvalue weighted by Crippen LogP contribution is 2.34. The van der Waals surface area contributed by atoms with Crippen LogP contribution < -0.4 is 10.5 Å². The molecule has 1 aromatic carbocycles. The summed E-state index contributed by atoms with van der Waals surface area (Å²) in [7, 11) is 0. The average Bonchev–Trinajstić information content (AvgIpc) is 2.75. The van der Waals surface area contributed by atoms with Crippen molar-refractivity contribution in [2.45, 2.75) is 39.2 Å². The molecule has 1 heterocycles. The van der Waals surface area contributed by atoms with Gasteiger partial charge >= 0.3 is 0 Å². The van der Waals surface area contributed by atoms with Crippen LogP contribution in [0, 0.1) is 5.92 Å². The number of halogens is 1. The van der Waals surface area contributed by atoms with Crippen molar-refractivity contribution in [3.8, 4) is 5.75 Å². The quantitative estimate of drug-likeness (QED) is 0.925. The summed E-state index contributed by atoms with van der Waals surface area (Å²) in [6, 6.07) is 4.60. The van der Waals surface area contributed by atoms with Crippen molar-refractivity contribution in [3.63, 3.8) is 0 Å². The van der Waals surface area contributed by atoms with E-state index in [1.165, 1.54) is 11.1 Å². The number of nitrogens with two attached hydrogens (primary N) is 1. The van der Waals surface area contributed by atoms with Crippen molar-refractivity contribution >= 4 is 15.9 Å². The molecule has 0 bridgehead atoms. The van der Waals surface area contributed by atoms with Crippen LogP contribution in [0.1, 0.15) is 31.4 Å². The van der Waals surface area contributed by atoms with Gasteiger partial charge in [0.2, 0.25) is 0 Å². The van der Waals surface area contributed by atoms with Crippen molar-refractivity contribution < 1.29 is 4.74 Å². The van der Waals surface area contributed by atoms with Crippen LogP contribution in [-0.4, -0.2) is 12.6 Å². The smallest absolute Gasteiger partial charge is 0.125 e. The molecule has 0 aliphatic carbocycles. The SMILES string of the molecule is CCC(N)C(C)Cc1cc(Br)cc2c1OCC2. The van der Waals surface area contributed by atoms with Gasteiger partial charge in [-0.15, -0.1) is 0 Å². The van der Waals surface area contributed by atoms with E-state index in [1.54, 1.807) is 0 Å². The summed E-state index contributed by atoms with van der Waals surface area (Å²) in [5.74, 6) is 1.59. The van der Waals surface area contributed by atoms with Gasteiger partial charge in [-0.1, -0.05) is 29.8 Å². The van der Waals surface area contributed by atoms with Gasteiger partial charge in [0.1, 0.15) is 5.75 Å². The minimum Gasteiger partial charge on any atom is -0.493 e. The maximum Gasteiger partial charge on any atom is 0.125 e. The molecule has 0 aromatic heterocycles. The Labute approximate surface area is 112 Å². The van der Waals surface area contributed by atoms with Gasteiger partial charge in [-0.3, -0.25) is 0 Å². The maximum absolute atomic E-state index is 6.10. The van der Waals surface area contributed by atoms with Crippen LogP contribution in [0.25, 0.3) is 0 Å². The highest BCUT2D eigenvalue weighted by Gasteiger charge is 2.20. The monoisotopic (exact) mass is 297 g/mol. The Bertz CT molecular complexity index is 405. The molecule has 2 atom stereocenters. The Morgan fingerprint density at radius 2 is 2.24 bits per heavy atom. The van der Waals surface area contributed by atoms with Crippen molar-refractivity contribution in [1.29, 1.82) is 0 Å². The maximum atomic E-state index is 6.10. The molecule has 2 rings (SSSR count). The zero-order valence-electron chi connectivity index (χ0n) is 10.5. The van der Waals surface area contributed by atoms with Gasteiger partial charge in [-0.05, 0) is 42.0 Å². The van der Waals surface area contributed by atoms with Crippen LogP contribution in [0.5, 0.6) is 5.75 Å².